The van der Waals surface area contributed by atoms with E-state index in [2.05, 4.69) is 0 Å². The summed E-state index contributed by atoms with van der Waals surface area (Å²) in [7, 11) is 1.55. The van der Waals surface area contributed by atoms with Gasteiger partial charge in [-0.2, -0.15) is 0 Å². The molecule has 0 aromatic heterocycles. The van der Waals surface area contributed by atoms with Crippen LogP contribution in [-0.4, -0.2) is 28.4 Å². The number of ketones is 2. The number of hydrogen-bond acceptors (Lipinski definition) is 3. The van der Waals surface area contributed by atoms with Gasteiger partial charge in [-0.05, 0) is 24.1 Å². The Morgan fingerprint density at radius 2 is 1.64 bits per heavy atom. The maximum absolute atomic E-state index is 12.4. The highest BCUT2D eigenvalue weighted by molar-refractivity contribution is 6.70. The van der Waals surface area contributed by atoms with E-state index in [1.165, 1.54) is 0 Å². The van der Waals surface area contributed by atoms with Crippen molar-refractivity contribution in [3.8, 4) is 5.75 Å². The minimum Gasteiger partial charge on any atom is -0.497 e. The number of carbonyl (C=O) groups is 2. The molecule has 0 amide bonds. The van der Waals surface area contributed by atoms with Crippen molar-refractivity contribution in [3.63, 3.8) is 0 Å². The lowest BCUT2D eigenvalue weighted by atomic mass is 9.64. The van der Waals surface area contributed by atoms with Crippen LogP contribution in [0.2, 0.25) is 0 Å². The van der Waals surface area contributed by atoms with Crippen molar-refractivity contribution in [1.29, 1.82) is 0 Å². The van der Waals surface area contributed by atoms with Crippen LogP contribution in [0.25, 0.3) is 0 Å². The van der Waals surface area contributed by atoms with E-state index in [4.69, 9.17) is 51.1 Å². The van der Waals surface area contributed by atoms with Gasteiger partial charge in [0.15, 0.2) is 4.87 Å². The fourth-order valence-electron chi connectivity index (χ4n) is 2.98. The first-order valence-electron chi connectivity index (χ1n) is 6.44. The van der Waals surface area contributed by atoms with Crippen molar-refractivity contribution in [2.45, 2.75) is 22.1 Å². The van der Waals surface area contributed by atoms with E-state index in [9.17, 15) is 9.59 Å². The number of ether oxygens (including phenoxy) is 1. The van der Waals surface area contributed by atoms with Crippen molar-refractivity contribution < 1.29 is 14.3 Å². The molecule has 0 spiro atoms. The molecule has 3 nitrogen and oxygen atoms in total. The van der Waals surface area contributed by atoms with Crippen LogP contribution in [-0.2, 0) is 9.59 Å². The van der Waals surface area contributed by atoms with Gasteiger partial charge >= 0.3 is 0 Å². The molecule has 1 saturated carbocycles. The van der Waals surface area contributed by atoms with Crippen LogP contribution >= 0.6 is 46.4 Å². The van der Waals surface area contributed by atoms with Crippen LogP contribution in [0, 0.1) is 0 Å². The van der Waals surface area contributed by atoms with E-state index in [1.54, 1.807) is 31.4 Å². The predicted octanol–water partition coefficient (Wildman–Crippen LogP) is 3.98. The number of alkyl halides is 2. The molecule has 3 atom stereocenters. The van der Waals surface area contributed by atoms with E-state index in [-0.39, 0.29) is 16.5 Å². The number of halogens is 4. The zero-order valence-corrected chi connectivity index (χ0v) is 14.4. The zero-order valence-electron chi connectivity index (χ0n) is 11.3. The average Bonchev–Trinajstić information content (AvgIpc) is 2.53. The average molecular weight is 380 g/mol. The largest absolute Gasteiger partial charge is 0.497 e. The smallest absolute Gasteiger partial charge is 0.227 e. The van der Waals surface area contributed by atoms with Gasteiger partial charge < -0.3 is 4.74 Å². The molecular formula is C15H10Cl4O3. The molecule has 0 radical (unpaired) electrons. The maximum Gasteiger partial charge on any atom is 0.227 e. The fourth-order valence-corrected chi connectivity index (χ4v) is 4.48. The monoisotopic (exact) mass is 378 g/mol. The Kier molecular flexibility index (Phi) is 3.76. The molecule has 1 unspecified atom stereocenters. The van der Waals surface area contributed by atoms with Crippen molar-refractivity contribution in [1.82, 2.24) is 0 Å². The summed E-state index contributed by atoms with van der Waals surface area (Å²) in [5.41, 5.74) is 0.740. The van der Waals surface area contributed by atoms with Gasteiger partial charge in [-0.15, -0.1) is 23.2 Å². The third kappa shape index (κ3) is 1.89. The Morgan fingerprint density at radius 3 is 2.18 bits per heavy atom. The topological polar surface area (TPSA) is 43.4 Å². The molecule has 0 N–H and O–H groups in total. The van der Waals surface area contributed by atoms with Crippen molar-refractivity contribution in [2.75, 3.05) is 7.11 Å². The number of benzene rings is 1. The number of allylic oxidation sites excluding steroid dienone is 2. The summed E-state index contributed by atoms with van der Waals surface area (Å²) in [6.07, 6.45) is 0.115. The third-order valence-corrected chi connectivity index (χ3v) is 6.67. The zero-order chi connectivity index (χ0) is 16.3. The third-order valence-electron chi connectivity index (χ3n) is 4.24. The first kappa shape index (κ1) is 16.1. The minimum atomic E-state index is -1.69. The first-order chi connectivity index (χ1) is 10.3. The summed E-state index contributed by atoms with van der Waals surface area (Å²) in [5.74, 6) is -1.50. The Bertz CT molecular complexity index is 712. The lowest BCUT2D eigenvalue weighted by Gasteiger charge is -2.48. The molecule has 116 valence electrons. The number of hydrogen-bond donors (Lipinski definition) is 0. The number of fused-ring (bicyclic) bond motifs is 2. The lowest BCUT2D eigenvalue weighted by Crippen LogP contribution is -2.62. The molecule has 2 bridgehead atoms. The Hall–Kier alpha value is -0.740. The molecule has 1 aromatic carbocycles. The maximum atomic E-state index is 12.4. The van der Waals surface area contributed by atoms with Gasteiger partial charge in [-0.3, -0.25) is 9.59 Å². The molecule has 1 fully saturated rings. The van der Waals surface area contributed by atoms with E-state index >= 15 is 0 Å². The Balaban J connectivity index is 2.16. The Labute approximate surface area is 147 Å². The minimum absolute atomic E-state index is 0.0554. The fraction of sp³-hybridized carbons (Fsp3) is 0.333. The SMILES string of the molecule is COc1ccc(C2C[C@]3(Cl)C(=O)C(=O)[C@@]2(Cl)C(Cl)=C3Cl)cc1. The normalized spacial score (nSPS) is 34.3. The summed E-state index contributed by atoms with van der Waals surface area (Å²) < 4.78 is 5.10. The molecule has 3 aliphatic carbocycles. The second-order valence-corrected chi connectivity index (χ2v) is 7.33. The van der Waals surface area contributed by atoms with Gasteiger partial charge in [-0.1, -0.05) is 35.3 Å². The van der Waals surface area contributed by atoms with Crippen LogP contribution in [0.15, 0.2) is 34.3 Å². The number of Topliss-reactive ketones (excluding diaryl/α,β-unsaturated/α-hetero) is 2. The quantitative estimate of drug-likeness (QED) is 0.576. The van der Waals surface area contributed by atoms with Gasteiger partial charge in [0.2, 0.25) is 11.6 Å². The predicted molar refractivity (Wildman–Crippen MR) is 86.3 cm³/mol. The van der Waals surface area contributed by atoms with Crippen molar-refractivity contribution in [2.24, 2.45) is 0 Å². The molecule has 4 rings (SSSR count). The summed E-state index contributed by atoms with van der Waals surface area (Å²) in [6.45, 7) is 0. The number of rotatable bonds is 2. The second kappa shape index (κ2) is 5.13. The van der Waals surface area contributed by atoms with Gasteiger partial charge in [0, 0.05) is 5.92 Å². The van der Waals surface area contributed by atoms with Crippen molar-refractivity contribution in [3.05, 3.63) is 39.9 Å². The molecule has 3 aliphatic rings. The highest BCUT2D eigenvalue weighted by Gasteiger charge is 2.67. The summed E-state index contributed by atoms with van der Waals surface area (Å²) in [6, 6.07) is 7.02. The number of carbonyl (C=O) groups excluding carboxylic acids is 2. The highest BCUT2D eigenvalue weighted by Crippen LogP contribution is 2.61. The molecule has 0 heterocycles. The van der Waals surface area contributed by atoms with Gasteiger partial charge in [0.25, 0.3) is 0 Å². The summed E-state index contributed by atoms with van der Waals surface area (Å²) in [4.78, 5) is 21.3. The van der Waals surface area contributed by atoms with Gasteiger partial charge in [0.1, 0.15) is 10.6 Å². The van der Waals surface area contributed by atoms with Crippen LogP contribution in [0.4, 0.5) is 0 Å². The van der Waals surface area contributed by atoms with Crippen LogP contribution in [0.5, 0.6) is 5.75 Å². The molecule has 7 heteroatoms. The Morgan fingerprint density at radius 1 is 1.05 bits per heavy atom. The van der Waals surface area contributed by atoms with Crippen LogP contribution < -0.4 is 4.74 Å². The summed E-state index contributed by atoms with van der Waals surface area (Å²) >= 11 is 25.1. The van der Waals surface area contributed by atoms with Crippen LogP contribution in [0.1, 0.15) is 17.9 Å². The molecule has 22 heavy (non-hydrogen) atoms. The first-order valence-corrected chi connectivity index (χ1v) is 7.95. The standard InChI is InChI=1S/C15H10Cl4O3/c1-22-8-4-2-7(3-5-8)9-6-14(18)10(16)11(17)15(9,19)13(21)12(14)20/h2-5,9H,6H2,1H3/t9?,14-,15+/m1/s1. The molecule has 0 saturated heterocycles. The molecular weight excluding hydrogens is 370 g/mol. The van der Waals surface area contributed by atoms with Gasteiger partial charge in [-0.25, -0.2) is 0 Å². The molecule has 1 aromatic rings. The van der Waals surface area contributed by atoms with E-state index in [0.29, 0.717) is 5.75 Å². The highest BCUT2D eigenvalue weighted by atomic mass is 35.5. The van der Waals surface area contributed by atoms with E-state index in [1.807, 2.05) is 0 Å². The van der Waals surface area contributed by atoms with E-state index in [0.717, 1.165) is 5.56 Å². The van der Waals surface area contributed by atoms with Gasteiger partial charge in [0.05, 0.1) is 17.2 Å². The lowest BCUT2D eigenvalue weighted by molar-refractivity contribution is -0.141. The van der Waals surface area contributed by atoms with Crippen LogP contribution in [0.3, 0.4) is 0 Å². The van der Waals surface area contributed by atoms with E-state index < -0.39 is 27.2 Å². The summed E-state index contributed by atoms with van der Waals surface area (Å²) in [5, 5.41) is -0.123. The van der Waals surface area contributed by atoms with Crippen molar-refractivity contribution >= 4 is 58.0 Å². The number of methoxy groups -OCH3 is 1. The second-order valence-electron chi connectivity index (χ2n) is 5.33. The molecule has 0 aliphatic heterocycles.